The lowest BCUT2D eigenvalue weighted by atomic mass is 10.1. The van der Waals surface area contributed by atoms with Crippen molar-refractivity contribution in [3.63, 3.8) is 0 Å². The van der Waals surface area contributed by atoms with Crippen molar-refractivity contribution < 1.29 is 9.72 Å². The summed E-state index contributed by atoms with van der Waals surface area (Å²) in [4.78, 5) is 23.8. The monoisotopic (exact) mass is 330 g/mol. The molecule has 0 aliphatic carbocycles. The molecule has 0 bridgehead atoms. The Bertz CT molecular complexity index is 759. The van der Waals surface area contributed by atoms with Gasteiger partial charge in [-0.25, -0.2) is 0 Å². The second-order valence-electron chi connectivity index (χ2n) is 5.25. The fourth-order valence-electron chi connectivity index (χ4n) is 2.30. The molecule has 1 amide bonds. The van der Waals surface area contributed by atoms with Gasteiger partial charge in [-0.1, -0.05) is 23.8 Å². The topological polar surface area (TPSA) is 72.2 Å². The summed E-state index contributed by atoms with van der Waals surface area (Å²) in [6.07, 6.45) is 1.86. The Morgan fingerprint density at radius 2 is 1.96 bits per heavy atom. The van der Waals surface area contributed by atoms with Gasteiger partial charge in [-0.15, -0.1) is 11.8 Å². The Labute approximate surface area is 139 Å². The molecule has 0 aromatic heterocycles. The number of hydrogen-bond acceptors (Lipinski definition) is 4. The van der Waals surface area contributed by atoms with E-state index in [0.717, 1.165) is 21.6 Å². The number of benzene rings is 2. The summed E-state index contributed by atoms with van der Waals surface area (Å²) >= 11 is 1.44. The molecule has 0 atom stereocenters. The number of nitro groups is 1. The molecule has 120 valence electrons. The molecule has 0 heterocycles. The smallest absolute Gasteiger partial charge is 0.282 e. The predicted octanol–water partition coefficient (Wildman–Crippen LogP) is 3.86. The zero-order valence-electron chi connectivity index (χ0n) is 13.3. The van der Waals surface area contributed by atoms with Crippen LogP contribution in [-0.4, -0.2) is 17.1 Å². The Hall–Kier alpha value is -2.34. The number of aryl methyl sites for hydroxylation is 2. The lowest BCUT2D eigenvalue weighted by Gasteiger charge is -2.10. The van der Waals surface area contributed by atoms with Crippen LogP contribution in [0.15, 0.2) is 41.3 Å². The van der Waals surface area contributed by atoms with Crippen LogP contribution in [0.4, 0.5) is 5.69 Å². The van der Waals surface area contributed by atoms with Gasteiger partial charge in [0.15, 0.2) is 0 Å². The Morgan fingerprint density at radius 3 is 2.57 bits per heavy atom. The van der Waals surface area contributed by atoms with Crippen LogP contribution in [-0.2, 0) is 6.54 Å². The van der Waals surface area contributed by atoms with E-state index in [2.05, 4.69) is 5.32 Å². The van der Waals surface area contributed by atoms with Crippen molar-refractivity contribution in [2.75, 3.05) is 6.26 Å². The maximum atomic E-state index is 12.4. The maximum Gasteiger partial charge on any atom is 0.282 e. The number of nitro benzene ring substituents is 1. The van der Waals surface area contributed by atoms with Gasteiger partial charge in [-0.05, 0) is 43.4 Å². The normalized spacial score (nSPS) is 10.4. The largest absolute Gasteiger partial charge is 0.348 e. The Kier molecular flexibility index (Phi) is 5.39. The second kappa shape index (κ2) is 7.28. The molecular formula is C17H18N2O3S. The molecule has 0 aliphatic heterocycles. The minimum absolute atomic E-state index is 0.0895. The summed E-state index contributed by atoms with van der Waals surface area (Å²) in [6, 6.07) is 10.5. The highest BCUT2D eigenvalue weighted by Crippen LogP contribution is 2.24. The highest BCUT2D eigenvalue weighted by atomic mass is 32.2. The molecular weight excluding hydrogens is 312 g/mol. The molecule has 0 spiro atoms. The lowest BCUT2D eigenvalue weighted by Crippen LogP contribution is -2.24. The third kappa shape index (κ3) is 4.10. The van der Waals surface area contributed by atoms with E-state index in [1.54, 1.807) is 12.1 Å². The van der Waals surface area contributed by atoms with Crippen LogP contribution in [0.5, 0.6) is 0 Å². The van der Waals surface area contributed by atoms with E-state index in [9.17, 15) is 14.9 Å². The van der Waals surface area contributed by atoms with Gasteiger partial charge in [-0.3, -0.25) is 14.9 Å². The number of nitrogens with one attached hydrogen (secondary N) is 1. The van der Waals surface area contributed by atoms with Crippen LogP contribution in [0, 0.1) is 24.0 Å². The van der Waals surface area contributed by atoms with E-state index >= 15 is 0 Å². The third-order valence-electron chi connectivity index (χ3n) is 3.58. The molecule has 0 fully saturated rings. The van der Waals surface area contributed by atoms with Crippen LogP contribution in [0.2, 0.25) is 0 Å². The average molecular weight is 330 g/mol. The standard InChI is InChI=1S/C17H18N2O3S/c1-11-4-5-13(12(2)8-11)10-18-17(20)15-9-14(23-3)6-7-16(15)19(21)22/h4-9H,10H2,1-3H3,(H,18,20). The number of nitrogens with zero attached hydrogens (tertiary/aromatic N) is 1. The number of carbonyl (C=O) groups is 1. The van der Waals surface area contributed by atoms with Crippen molar-refractivity contribution in [2.45, 2.75) is 25.3 Å². The molecule has 0 aliphatic rings. The Morgan fingerprint density at radius 1 is 1.22 bits per heavy atom. The number of carbonyl (C=O) groups excluding carboxylic acids is 1. The first-order valence-electron chi connectivity index (χ1n) is 7.09. The maximum absolute atomic E-state index is 12.4. The molecule has 5 nitrogen and oxygen atoms in total. The summed E-state index contributed by atoms with van der Waals surface area (Å²) in [5.41, 5.74) is 3.14. The fourth-order valence-corrected chi connectivity index (χ4v) is 2.74. The van der Waals surface area contributed by atoms with Gasteiger partial charge in [0, 0.05) is 17.5 Å². The zero-order chi connectivity index (χ0) is 17.0. The van der Waals surface area contributed by atoms with Gasteiger partial charge in [0.25, 0.3) is 11.6 Å². The third-order valence-corrected chi connectivity index (χ3v) is 4.31. The lowest BCUT2D eigenvalue weighted by molar-refractivity contribution is -0.385. The van der Waals surface area contributed by atoms with Crippen molar-refractivity contribution >= 4 is 23.4 Å². The van der Waals surface area contributed by atoms with E-state index in [1.165, 1.54) is 17.8 Å². The van der Waals surface area contributed by atoms with E-state index in [-0.39, 0.29) is 11.3 Å². The van der Waals surface area contributed by atoms with Crippen LogP contribution in [0.3, 0.4) is 0 Å². The van der Waals surface area contributed by atoms with Crippen LogP contribution >= 0.6 is 11.8 Å². The van der Waals surface area contributed by atoms with E-state index < -0.39 is 10.8 Å². The minimum atomic E-state index is -0.532. The first-order valence-corrected chi connectivity index (χ1v) is 8.31. The van der Waals surface area contributed by atoms with Crippen molar-refractivity contribution in [1.82, 2.24) is 5.32 Å². The molecule has 6 heteroatoms. The summed E-state index contributed by atoms with van der Waals surface area (Å²) in [7, 11) is 0. The van der Waals surface area contributed by atoms with Gasteiger partial charge in [-0.2, -0.15) is 0 Å². The van der Waals surface area contributed by atoms with E-state index in [1.807, 2.05) is 38.3 Å². The summed E-state index contributed by atoms with van der Waals surface area (Å²) in [5.74, 6) is -0.437. The van der Waals surface area contributed by atoms with Gasteiger partial charge in [0.2, 0.25) is 0 Å². The molecule has 0 unspecified atom stereocenters. The summed E-state index contributed by atoms with van der Waals surface area (Å²) < 4.78 is 0. The molecule has 1 N–H and O–H groups in total. The number of hydrogen-bond donors (Lipinski definition) is 1. The Balaban J connectivity index is 2.21. The molecule has 0 radical (unpaired) electrons. The summed E-state index contributed by atoms with van der Waals surface area (Å²) in [6.45, 7) is 4.32. The highest BCUT2D eigenvalue weighted by molar-refractivity contribution is 7.98. The molecule has 2 rings (SSSR count). The van der Waals surface area contributed by atoms with Gasteiger partial charge in [0.05, 0.1) is 4.92 Å². The molecule has 23 heavy (non-hydrogen) atoms. The average Bonchev–Trinajstić information content (AvgIpc) is 2.53. The second-order valence-corrected chi connectivity index (χ2v) is 6.13. The van der Waals surface area contributed by atoms with E-state index in [0.29, 0.717) is 6.54 Å². The number of amides is 1. The van der Waals surface area contributed by atoms with E-state index in [4.69, 9.17) is 0 Å². The van der Waals surface area contributed by atoms with Crippen molar-refractivity contribution in [3.8, 4) is 0 Å². The van der Waals surface area contributed by atoms with Crippen molar-refractivity contribution in [3.05, 3.63) is 68.8 Å². The predicted molar refractivity (Wildman–Crippen MR) is 92.0 cm³/mol. The number of thioether (sulfide) groups is 1. The van der Waals surface area contributed by atoms with Gasteiger partial charge >= 0.3 is 0 Å². The van der Waals surface area contributed by atoms with Gasteiger partial charge in [0.1, 0.15) is 5.56 Å². The fraction of sp³-hybridized carbons (Fsp3) is 0.235. The molecule has 2 aromatic carbocycles. The first-order chi connectivity index (χ1) is 10.9. The first kappa shape index (κ1) is 17.0. The van der Waals surface area contributed by atoms with Crippen molar-refractivity contribution in [2.24, 2.45) is 0 Å². The molecule has 0 saturated carbocycles. The number of rotatable bonds is 5. The molecule has 2 aromatic rings. The summed E-state index contributed by atoms with van der Waals surface area (Å²) in [5, 5.41) is 13.9. The van der Waals surface area contributed by atoms with Crippen LogP contribution in [0.25, 0.3) is 0 Å². The zero-order valence-corrected chi connectivity index (χ0v) is 14.1. The quantitative estimate of drug-likeness (QED) is 0.513. The molecule has 0 saturated heterocycles. The minimum Gasteiger partial charge on any atom is -0.348 e. The van der Waals surface area contributed by atoms with Crippen molar-refractivity contribution in [1.29, 1.82) is 0 Å². The highest BCUT2D eigenvalue weighted by Gasteiger charge is 2.20. The SMILES string of the molecule is CSc1ccc([N+](=O)[O-])c(C(=O)NCc2ccc(C)cc2C)c1. The van der Waals surface area contributed by atoms with Crippen LogP contribution in [0.1, 0.15) is 27.0 Å². The van der Waals surface area contributed by atoms with Crippen LogP contribution < -0.4 is 5.32 Å². The van der Waals surface area contributed by atoms with Gasteiger partial charge < -0.3 is 5.32 Å².